The lowest BCUT2D eigenvalue weighted by atomic mass is 9.82. The maximum atomic E-state index is 12.1. The highest BCUT2D eigenvalue weighted by molar-refractivity contribution is 6.32. The SMILES string of the molecule is CC1CNCCC1c1ccc(OC(F)(F)F)c(Cl)c1. The van der Waals surface area contributed by atoms with Crippen molar-refractivity contribution in [1.82, 2.24) is 5.32 Å². The number of nitrogens with one attached hydrogen (secondary N) is 1. The Balaban J connectivity index is 2.18. The van der Waals surface area contributed by atoms with Crippen LogP contribution < -0.4 is 10.1 Å². The van der Waals surface area contributed by atoms with Gasteiger partial charge in [0.25, 0.3) is 0 Å². The van der Waals surface area contributed by atoms with E-state index >= 15 is 0 Å². The first-order chi connectivity index (χ1) is 8.87. The van der Waals surface area contributed by atoms with Crippen LogP contribution in [0.3, 0.4) is 0 Å². The average molecular weight is 294 g/mol. The fourth-order valence-corrected chi connectivity index (χ4v) is 2.69. The van der Waals surface area contributed by atoms with Gasteiger partial charge in [0.15, 0.2) is 0 Å². The lowest BCUT2D eigenvalue weighted by Gasteiger charge is -2.30. The maximum Gasteiger partial charge on any atom is 0.573 e. The average Bonchev–Trinajstić information content (AvgIpc) is 2.31. The molecule has 0 aliphatic carbocycles. The smallest absolute Gasteiger partial charge is 0.404 e. The van der Waals surface area contributed by atoms with E-state index < -0.39 is 6.36 Å². The van der Waals surface area contributed by atoms with Crippen molar-refractivity contribution >= 4 is 11.6 Å². The minimum absolute atomic E-state index is 0.000516. The Kier molecular flexibility index (Phi) is 4.26. The summed E-state index contributed by atoms with van der Waals surface area (Å²) in [6.45, 7) is 3.93. The Labute approximate surface area is 114 Å². The van der Waals surface area contributed by atoms with E-state index in [0.29, 0.717) is 11.8 Å². The van der Waals surface area contributed by atoms with E-state index in [1.54, 1.807) is 12.1 Å². The van der Waals surface area contributed by atoms with E-state index in [-0.39, 0.29) is 10.8 Å². The second-order valence-corrected chi connectivity index (χ2v) is 5.22. The van der Waals surface area contributed by atoms with Crippen LogP contribution in [0.25, 0.3) is 0 Å². The fourth-order valence-electron chi connectivity index (χ4n) is 2.46. The van der Waals surface area contributed by atoms with E-state index in [9.17, 15) is 13.2 Å². The maximum absolute atomic E-state index is 12.1. The first-order valence-electron chi connectivity index (χ1n) is 6.13. The zero-order valence-corrected chi connectivity index (χ0v) is 11.2. The first kappa shape index (κ1) is 14.5. The topological polar surface area (TPSA) is 21.3 Å². The van der Waals surface area contributed by atoms with Crippen molar-refractivity contribution in [3.8, 4) is 5.75 Å². The molecule has 1 saturated heterocycles. The van der Waals surface area contributed by atoms with Crippen molar-refractivity contribution in [3.63, 3.8) is 0 Å². The number of alkyl halides is 3. The summed E-state index contributed by atoms with van der Waals surface area (Å²) in [6, 6.07) is 4.54. The van der Waals surface area contributed by atoms with Gasteiger partial charge in [-0.15, -0.1) is 13.2 Å². The second kappa shape index (κ2) is 5.59. The van der Waals surface area contributed by atoms with Gasteiger partial charge in [-0.3, -0.25) is 0 Å². The molecule has 1 aliphatic heterocycles. The summed E-state index contributed by atoms with van der Waals surface area (Å²) >= 11 is 5.86. The van der Waals surface area contributed by atoms with E-state index in [2.05, 4.69) is 17.0 Å². The molecule has 1 N–H and O–H groups in total. The van der Waals surface area contributed by atoms with Gasteiger partial charge in [-0.1, -0.05) is 24.6 Å². The van der Waals surface area contributed by atoms with Crippen LogP contribution >= 0.6 is 11.6 Å². The van der Waals surface area contributed by atoms with Gasteiger partial charge < -0.3 is 10.1 Å². The van der Waals surface area contributed by atoms with Crippen LogP contribution in [0, 0.1) is 5.92 Å². The number of benzene rings is 1. The first-order valence-corrected chi connectivity index (χ1v) is 6.50. The van der Waals surface area contributed by atoms with E-state index in [0.717, 1.165) is 25.1 Å². The molecule has 2 unspecified atom stereocenters. The van der Waals surface area contributed by atoms with Crippen molar-refractivity contribution in [3.05, 3.63) is 28.8 Å². The number of piperidine rings is 1. The van der Waals surface area contributed by atoms with Crippen LogP contribution in [0.15, 0.2) is 18.2 Å². The van der Waals surface area contributed by atoms with Gasteiger partial charge in [-0.2, -0.15) is 0 Å². The summed E-state index contributed by atoms with van der Waals surface area (Å²) in [5, 5.41) is 3.29. The molecule has 106 valence electrons. The lowest BCUT2D eigenvalue weighted by Crippen LogP contribution is -2.33. The van der Waals surface area contributed by atoms with Gasteiger partial charge in [0.05, 0.1) is 5.02 Å². The van der Waals surface area contributed by atoms with Crippen molar-refractivity contribution in [2.45, 2.75) is 25.6 Å². The summed E-state index contributed by atoms with van der Waals surface area (Å²) in [7, 11) is 0. The molecule has 0 spiro atoms. The van der Waals surface area contributed by atoms with Crippen molar-refractivity contribution in [1.29, 1.82) is 0 Å². The summed E-state index contributed by atoms with van der Waals surface area (Å²) in [4.78, 5) is 0. The Bertz CT molecular complexity index is 450. The molecule has 1 aliphatic rings. The Morgan fingerprint density at radius 2 is 2.11 bits per heavy atom. The molecule has 1 aromatic carbocycles. The van der Waals surface area contributed by atoms with Crippen molar-refractivity contribution < 1.29 is 17.9 Å². The largest absolute Gasteiger partial charge is 0.573 e. The minimum atomic E-state index is -4.72. The number of ether oxygens (including phenoxy) is 1. The Morgan fingerprint density at radius 3 is 2.68 bits per heavy atom. The van der Waals surface area contributed by atoms with Gasteiger partial charge in [-0.25, -0.2) is 0 Å². The third-order valence-corrected chi connectivity index (χ3v) is 3.69. The molecule has 0 aromatic heterocycles. The van der Waals surface area contributed by atoms with Crippen LogP contribution in [0.1, 0.15) is 24.8 Å². The van der Waals surface area contributed by atoms with Gasteiger partial charge in [0.1, 0.15) is 5.75 Å². The predicted octanol–water partition coefficient (Wildman–Crippen LogP) is 3.95. The molecule has 6 heteroatoms. The van der Waals surface area contributed by atoms with Crippen LogP contribution in [-0.2, 0) is 0 Å². The molecule has 19 heavy (non-hydrogen) atoms. The van der Waals surface area contributed by atoms with Crippen molar-refractivity contribution in [2.24, 2.45) is 5.92 Å². The molecular formula is C13H15ClF3NO. The monoisotopic (exact) mass is 293 g/mol. The molecule has 0 saturated carbocycles. The molecular weight excluding hydrogens is 279 g/mol. The Hall–Kier alpha value is -0.940. The van der Waals surface area contributed by atoms with Gasteiger partial charge in [0.2, 0.25) is 0 Å². The van der Waals surface area contributed by atoms with E-state index in [1.165, 1.54) is 6.07 Å². The van der Waals surface area contributed by atoms with E-state index in [1.807, 2.05) is 0 Å². The normalized spacial score (nSPS) is 24.3. The van der Waals surface area contributed by atoms with Crippen molar-refractivity contribution in [2.75, 3.05) is 13.1 Å². The van der Waals surface area contributed by atoms with Gasteiger partial charge in [-0.05, 0) is 49.0 Å². The molecule has 0 radical (unpaired) electrons. The number of hydrogen-bond donors (Lipinski definition) is 1. The van der Waals surface area contributed by atoms with Crippen LogP contribution in [0.2, 0.25) is 5.02 Å². The minimum Gasteiger partial charge on any atom is -0.404 e. The zero-order chi connectivity index (χ0) is 14.0. The number of hydrogen-bond acceptors (Lipinski definition) is 2. The summed E-state index contributed by atoms with van der Waals surface area (Å²) < 4.78 is 40.3. The second-order valence-electron chi connectivity index (χ2n) is 4.81. The molecule has 1 aromatic rings. The summed E-state index contributed by atoms with van der Waals surface area (Å²) in [6.07, 6.45) is -3.76. The molecule has 2 nitrogen and oxygen atoms in total. The highest BCUT2D eigenvalue weighted by Gasteiger charge is 2.32. The molecule has 2 rings (SSSR count). The predicted molar refractivity (Wildman–Crippen MR) is 67.5 cm³/mol. The van der Waals surface area contributed by atoms with Crippen LogP contribution in [0.4, 0.5) is 13.2 Å². The van der Waals surface area contributed by atoms with E-state index in [4.69, 9.17) is 11.6 Å². The number of halogens is 4. The molecule has 1 heterocycles. The fraction of sp³-hybridized carbons (Fsp3) is 0.538. The zero-order valence-electron chi connectivity index (χ0n) is 10.4. The molecule has 0 bridgehead atoms. The van der Waals surface area contributed by atoms with Gasteiger partial charge in [0, 0.05) is 0 Å². The number of rotatable bonds is 2. The highest BCUT2D eigenvalue weighted by Crippen LogP contribution is 2.36. The lowest BCUT2D eigenvalue weighted by molar-refractivity contribution is -0.274. The van der Waals surface area contributed by atoms with Gasteiger partial charge >= 0.3 is 6.36 Å². The summed E-state index contributed by atoms with van der Waals surface area (Å²) in [5.74, 6) is 0.400. The standard InChI is InChI=1S/C13H15ClF3NO/c1-8-7-18-5-4-10(8)9-2-3-12(11(14)6-9)19-13(15,16)17/h2-3,6,8,10,18H,4-5,7H2,1H3. The third kappa shape index (κ3) is 3.76. The quantitative estimate of drug-likeness (QED) is 0.891. The Morgan fingerprint density at radius 1 is 1.37 bits per heavy atom. The summed E-state index contributed by atoms with van der Waals surface area (Å²) in [5.41, 5.74) is 0.966. The third-order valence-electron chi connectivity index (χ3n) is 3.40. The molecule has 2 atom stereocenters. The van der Waals surface area contributed by atoms with Crippen LogP contribution in [-0.4, -0.2) is 19.5 Å². The molecule has 0 amide bonds. The molecule has 1 fully saturated rings. The van der Waals surface area contributed by atoms with Crippen LogP contribution in [0.5, 0.6) is 5.75 Å². The highest BCUT2D eigenvalue weighted by atomic mass is 35.5.